The minimum atomic E-state index is -0.804. The van der Waals surface area contributed by atoms with Crippen LogP contribution in [0, 0.1) is 0 Å². The lowest BCUT2D eigenvalue weighted by atomic mass is 9.81. The molecule has 2 atom stereocenters. The maximum absolute atomic E-state index is 11.3. The van der Waals surface area contributed by atoms with Crippen LogP contribution in [0.1, 0.15) is 39.7 Å². The molecule has 1 aliphatic heterocycles. The number of nitrogens with zero attached hydrogens (tertiary/aromatic N) is 1. The van der Waals surface area contributed by atoms with Gasteiger partial charge >= 0.3 is 5.97 Å². The third kappa shape index (κ3) is 5.43. The van der Waals surface area contributed by atoms with Gasteiger partial charge in [0.1, 0.15) is 0 Å². The number of hydrogen-bond donors (Lipinski definition) is 2. The fourth-order valence-electron chi connectivity index (χ4n) is 3.88. The molecule has 2 aromatic carbocycles. The van der Waals surface area contributed by atoms with E-state index in [2.05, 4.69) is 36.2 Å². The van der Waals surface area contributed by atoms with Gasteiger partial charge in [0, 0.05) is 29.2 Å². The van der Waals surface area contributed by atoms with E-state index in [0.29, 0.717) is 5.02 Å². The molecule has 2 aromatic rings. The van der Waals surface area contributed by atoms with Gasteiger partial charge in [0.05, 0.1) is 30.0 Å². The van der Waals surface area contributed by atoms with Crippen LogP contribution in [0.4, 0.5) is 17.1 Å². The first-order valence-corrected chi connectivity index (χ1v) is 10.3. The lowest BCUT2D eigenvalue weighted by Gasteiger charge is -2.38. The van der Waals surface area contributed by atoms with Crippen LogP contribution in [0.5, 0.6) is 0 Å². The van der Waals surface area contributed by atoms with E-state index in [4.69, 9.17) is 16.3 Å². The summed E-state index contributed by atoms with van der Waals surface area (Å²) in [6, 6.07) is 13.8. The van der Waals surface area contributed by atoms with Gasteiger partial charge < -0.3 is 20.1 Å². The van der Waals surface area contributed by atoms with E-state index in [9.17, 15) is 9.90 Å². The van der Waals surface area contributed by atoms with E-state index in [-0.39, 0.29) is 18.6 Å². The number of benzene rings is 2. The summed E-state index contributed by atoms with van der Waals surface area (Å²) in [4.78, 5) is 13.7. The second-order valence-electron chi connectivity index (χ2n) is 8.48. The minimum Gasteiger partial charge on any atom is -0.481 e. The Morgan fingerprint density at radius 3 is 2.38 bits per heavy atom. The maximum atomic E-state index is 11.3. The molecule has 2 N–H and O–H groups in total. The monoisotopic (exact) mass is 416 g/mol. The lowest BCUT2D eigenvalue weighted by Crippen LogP contribution is -2.45. The first kappa shape index (κ1) is 21.5. The number of morpholine rings is 1. The smallest absolute Gasteiger partial charge is 0.304 e. The second-order valence-corrected chi connectivity index (χ2v) is 8.92. The van der Waals surface area contributed by atoms with Crippen molar-refractivity contribution in [3.63, 3.8) is 0 Å². The first-order valence-electron chi connectivity index (χ1n) is 9.93. The molecule has 29 heavy (non-hydrogen) atoms. The van der Waals surface area contributed by atoms with Crippen molar-refractivity contribution in [1.29, 1.82) is 0 Å². The molecule has 6 heteroatoms. The number of carboxylic acids is 1. The number of aliphatic carboxylic acids is 1. The number of carbonyl (C=O) groups is 1. The van der Waals surface area contributed by atoms with Gasteiger partial charge in [0.15, 0.2) is 0 Å². The number of carboxylic acid groups (broad SMARTS) is 1. The summed E-state index contributed by atoms with van der Waals surface area (Å²) >= 11 is 6.03. The highest BCUT2D eigenvalue weighted by Crippen LogP contribution is 2.37. The standard InChI is InChI=1S/C23H29ClN2O3/c1-15-13-26(14-16(2)29-15)21-10-5-17(23(3,4)12-22(27)28)11-20(21)25-19-8-6-18(24)7-9-19/h5-11,15-16,25H,12-14H2,1-4H3,(H,27,28)/t15-,16+. The van der Waals surface area contributed by atoms with Crippen LogP contribution in [0.3, 0.4) is 0 Å². The molecule has 0 aromatic heterocycles. The Balaban J connectivity index is 2.00. The average molecular weight is 417 g/mol. The molecule has 3 rings (SSSR count). The Hall–Kier alpha value is -2.24. The van der Waals surface area contributed by atoms with Gasteiger partial charge in [-0.15, -0.1) is 0 Å². The summed E-state index contributed by atoms with van der Waals surface area (Å²) in [5.74, 6) is -0.804. The summed E-state index contributed by atoms with van der Waals surface area (Å²) in [5.41, 5.74) is 3.46. The van der Waals surface area contributed by atoms with Crippen molar-refractivity contribution in [1.82, 2.24) is 0 Å². The van der Waals surface area contributed by atoms with Gasteiger partial charge in [-0.05, 0) is 55.8 Å². The molecular formula is C23H29ClN2O3. The highest BCUT2D eigenvalue weighted by Gasteiger charge is 2.28. The Kier molecular flexibility index (Phi) is 6.39. The Morgan fingerprint density at radius 1 is 1.17 bits per heavy atom. The predicted octanol–water partition coefficient (Wildman–Crippen LogP) is 5.45. The molecule has 0 saturated carbocycles. The van der Waals surface area contributed by atoms with E-state index in [1.165, 1.54) is 0 Å². The third-order valence-corrected chi connectivity index (χ3v) is 5.51. The van der Waals surface area contributed by atoms with Gasteiger partial charge in [-0.3, -0.25) is 4.79 Å². The van der Waals surface area contributed by atoms with Crippen molar-refractivity contribution >= 4 is 34.6 Å². The molecule has 156 valence electrons. The number of ether oxygens (including phenoxy) is 1. The van der Waals surface area contributed by atoms with Gasteiger partial charge in [0.2, 0.25) is 0 Å². The SMILES string of the molecule is C[C@@H]1CN(c2ccc(C(C)(C)CC(=O)O)cc2Nc2ccc(Cl)cc2)C[C@H](C)O1. The zero-order valence-electron chi connectivity index (χ0n) is 17.4. The molecule has 0 radical (unpaired) electrons. The summed E-state index contributed by atoms with van der Waals surface area (Å²) in [7, 11) is 0. The van der Waals surface area contributed by atoms with Gasteiger partial charge in [-0.1, -0.05) is 31.5 Å². The number of halogens is 1. The lowest BCUT2D eigenvalue weighted by molar-refractivity contribution is -0.138. The van der Waals surface area contributed by atoms with Crippen molar-refractivity contribution in [2.75, 3.05) is 23.3 Å². The second kappa shape index (κ2) is 8.64. The van der Waals surface area contributed by atoms with E-state index < -0.39 is 11.4 Å². The fourth-order valence-corrected chi connectivity index (χ4v) is 4.00. The summed E-state index contributed by atoms with van der Waals surface area (Å²) < 4.78 is 5.89. The normalized spacial score (nSPS) is 19.8. The summed E-state index contributed by atoms with van der Waals surface area (Å²) in [5, 5.41) is 13.5. The maximum Gasteiger partial charge on any atom is 0.304 e. The van der Waals surface area contributed by atoms with Crippen LogP contribution in [0.15, 0.2) is 42.5 Å². The molecule has 0 unspecified atom stereocenters. The molecule has 1 fully saturated rings. The summed E-state index contributed by atoms with van der Waals surface area (Å²) in [6.07, 6.45) is 0.355. The van der Waals surface area contributed by atoms with Crippen LogP contribution in [-0.2, 0) is 14.9 Å². The van der Waals surface area contributed by atoms with Crippen LogP contribution in [0.2, 0.25) is 5.02 Å². The van der Waals surface area contributed by atoms with Crippen molar-refractivity contribution in [2.24, 2.45) is 0 Å². The first-order chi connectivity index (χ1) is 13.6. The van der Waals surface area contributed by atoms with Gasteiger partial charge in [-0.2, -0.15) is 0 Å². The third-order valence-electron chi connectivity index (χ3n) is 5.25. The van der Waals surface area contributed by atoms with Crippen molar-refractivity contribution in [2.45, 2.75) is 51.7 Å². The van der Waals surface area contributed by atoms with E-state index in [0.717, 1.165) is 35.7 Å². The molecule has 1 aliphatic rings. The molecule has 1 heterocycles. The number of rotatable bonds is 6. The Labute approximate surface area is 177 Å². The molecule has 0 aliphatic carbocycles. The summed E-state index contributed by atoms with van der Waals surface area (Å²) in [6.45, 7) is 9.69. The van der Waals surface area contributed by atoms with E-state index in [1.54, 1.807) is 0 Å². The van der Waals surface area contributed by atoms with Gasteiger partial charge in [-0.25, -0.2) is 0 Å². The largest absolute Gasteiger partial charge is 0.481 e. The molecule has 0 amide bonds. The van der Waals surface area contributed by atoms with Crippen molar-refractivity contribution < 1.29 is 14.6 Å². The zero-order chi connectivity index (χ0) is 21.2. The van der Waals surface area contributed by atoms with E-state index in [1.807, 2.05) is 44.2 Å². The number of anilines is 3. The highest BCUT2D eigenvalue weighted by molar-refractivity contribution is 6.30. The van der Waals surface area contributed by atoms with Crippen LogP contribution in [-0.4, -0.2) is 36.4 Å². The highest BCUT2D eigenvalue weighted by atomic mass is 35.5. The Bertz CT molecular complexity index is 857. The Morgan fingerprint density at radius 2 is 1.79 bits per heavy atom. The molecule has 5 nitrogen and oxygen atoms in total. The molecule has 1 saturated heterocycles. The van der Waals surface area contributed by atoms with Crippen molar-refractivity contribution in [3.8, 4) is 0 Å². The predicted molar refractivity (Wildman–Crippen MR) is 119 cm³/mol. The van der Waals surface area contributed by atoms with Crippen LogP contribution >= 0.6 is 11.6 Å². The topological polar surface area (TPSA) is 61.8 Å². The number of hydrogen-bond acceptors (Lipinski definition) is 4. The minimum absolute atomic E-state index is 0.0678. The van der Waals surface area contributed by atoms with Crippen molar-refractivity contribution in [3.05, 3.63) is 53.1 Å². The number of nitrogens with one attached hydrogen (secondary N) is 1. The quantitative estimate of drug-likeness (QED) is 0.655. The molecular weight excluding hydrogens is 388 g/mol. The molecule has 0 bridgehead atoms. The zero-order valence-corrected chi connectivity index (χ0v) is 18.2. The molecule has 0 spiro atoms. The fraction of sp³-hybridized carbons (Fsp3) is 0.435. The average Bonchev–Trinajstić information content (AvgIpc) is 2.61. The van der Waals surface area contributed by atoms with Gasteiger partial charge in [0.25, 0.3) is 0 Å². The van der Waals surface area contributed by atoms with Crippen LogP contribution < -0.4 is 10.2 Å². The van der Waals surface area contributed by atoms with Crippen LogP contribution in [0.25, 0.3) is 0 Å². The van der Waals surface area contributed by atoms with E-state index >= 15 is 0 Å².